The lowest BCUT2D eigenvalue weighted by atomic mass is 10.0. The van der Waals surface area contributed by atoms with E-state index in [1.54, 1.807) is 19.2 Å². The van der Waals surface area contributed by atoms with Crippen molar-refractivity contribution in [2.45, 2.75) is 31.8 Å². The van der Waals surface area contributed by atoms with E-state index >= 15 is 0 Å². The first-order chi connectivity index (χ1) is 15.5. The molecule has 1 saturated carbocycles. The molecule has 0 aliphatic heterocycles. The maximum Gasteiger partial charge on any atom is 0.251 e. The van der Waals surface area contributed by atoms with Crippen molar-refractivity contribution in [1.29, 1.82) is 0 Å². The Hall–Kier alpha value is -3.80. The van der Waals surface area contributed by atoms with Gasteiger partial charge in [0.05, 0.1) is 12.8 Å². The SMILES string of the molecule is COc1ccc(C)cc1NC(=O)[C@@H](Nc1cccc(C(=O)NC2CC2)c1)c1ccccc1. The minimum atomic E-state index is -0.664. The number of hydrogen-bond acceptors (Lipinski definition) is 4. The van der Waals surface area contributed by atoms with Crippen molar-refractivity contribution in [2.75, 3.05) is 17.7 Å². The summed E-state index contributed by atoms with van der Waals surface area (Å²) in [5, 5.41) is 9.28. The minimum Gasteiger partial charge on any atom is -0.495 e. The number of anilines is 2. The summed E-state index contributed by atoms with van der Waals surface area (Å²) in [5.74, 6) is 0.267. The molecule has 3 aromatic rings. The van der Waals surface area contributed by atoms with Crippen molar-refractivity contribution in [3.05, 3.63) is 89.5 Å². The first kappa shape index (κ1) is 21.4. The number of carbonyl (C=O) groups is 2. The molecule has 0 saturated heterocycles. The summed E-state index contributed by atoms with van der Waals surface area (Å²) in [5.41, 5.74) is 3.69. The molecule has 1 aliphatic rings. The standard InChI is InChI=1S/C26H27N3O3/c1-17-11-14-23(32-2)22(15-17)29-26(31)24(18-7-4-3-5-8-18)27-21-10-6-9-19(16-21)25(30)28-20-12-13-20/h3-11,14-16,20,24,27H,12-13H2,1-2H3,(H,28,30)(H,29,31)/t24-/m0/s1. The van der Waals surface area contributed by atoms with Gasteiger partial charge in [0, 0.05) is 17.3 Å². The molecule has 0 spiro atoms. The summed E-state index contributed by atoms with van der Waals surface area (Å²) in [6.07, 6.45) is 2.06. The van der Waals surface area contributed by atoms with Gasteiger partial charge in [-0.15, -0.1) is 0 Å². The van der Waals surface area contributed by atoms with Crippen LogP contribution in [0.4, 0.5) is 11.4 Å². The fourth-order valence-electron chi connectivity index (χ4n) is 3.48. The van der Waals surface area contributed by atoms with Gasteiger partial charge < -0.3 is 20.7 Å². The Morgan fingerprint density at radius 1 is 0.969 bits per heavy atom. The van der Waals surface area contributed by atoms with Gasteiger partial charge in [-0.2, -0.15) is 0 Å². The van der Waals surface area contributed by atoms with Gasteiger partial charge in [0.1, 0.15) is 11.8 Å². The van der Waals surface area contributed by atoms with Crippen LogP contribution in [0.25, 0.3) is 0 Å². The van der Waals surface area contributed by atoms with E-state index in [9.17, 15) is 9.59 Å². The van der Waals surface area contributed by atoms with Crippen molar-refractivity contribution < 1.29 is 14.3 Å². The van der Waals surface area contributed by atoms with E-state index in [4.69, 9.17) is 4.74 Å². The van der Waals surface area contributed by atoms with Crippen LogP contribution in [-0.4, -0.2) is 25.0 Å². The molecule has 1 aliphatic carbocycles. The van der Waals surface area contributed by atoms with E-state index in [-0.39, 0.29) is 17.9 Å². The Morgan fingerprint density at radius 3 is 2.47 bits per heavy atom. The second-order valence-electron chi connectivity index (χ2n) is 8.01. The Morgan fingerprint density at radius 2 is 1.75 bits per heavy atom. The molecule has 3 aromatic carbocycles. The number of aryl methyl sites for hydroxylation is 1. The molecule has 4 rings (SSSR count). The molecule has 0 bridgehead atoms. The highest BCUT2D eigenvalue weighted by atomic mass is 16.5. The highest BCUT2D eigenvalue weighted by molar-refractivity contribution is 5.99. The molecule has 0 aromatic heterocycles. The van der Waals surface area contributed by atoms with Crippen LogP contribution >= 0.6 is 0 Å². The summed E-state index contributed by atoms with van der Waals surface area (Å²) >= 11 is 0. The van der Waals surface area contributed by atoms with Crippen LogP contribution in [0.1, 0.15) is 40.4 Å². The molecule has 1 atom stereocenters. The molecule has 1 fully saturated rings. The van der Waals surface area contributed by atoms with Gasteiger partial charge in [-0.05, 0) is 61.2 Å². The predicted octanol–water partition coefficient (Wildman–Crippen LogP) is 4.69. The molecule has 6 heteroatoms. The van der Waals surface area contributed by atoms with Gasteiger partial charge in [-0.3, -0.25) is 9.59 Å². The fraction of sp³-hybridized carbons (Fsp3) is 0.231. The summed E-state index contributed by atoms with van der Waals surface area (Å²) < 4.78 is 5.40. The van der Waals surface area contributed by atoms with Gasteiger partial charge in [-0.25, -0.2) is 0 Å². The van der Waals surface area contributed by atoms with Gasteiger partial charge in [0.2, 0.25) is 0 Å². The van der Waals surface area contributed by atoms with Gasteiger partial charge in [0.15, 0.2) is 0 Å². The van der Waals surface area contributed by atoms with Crippen LogP contribution in [0.15, 0.2) is 72.8 Å². The number of methoxy groups -OCH3 is 1. The van der Waals surface area contributed by atoms with Crippen LogP contribution in [0, 0.1) is 6.92 Å². The molecule has 2 amide bonds. The fourth-order valence-corrected chi connectivity index (χ4v) is 3.48. The molecular weight excluding hydrogens is 402 g/mol. The minimum absolute atomic E-state index is 0.0960. The summed E-state index contributed by atoms with van der Waals surface area (Å²) in [6.45, 7) is 1.96. The number of ether oxygens (including phenoxy) is 1. The average molecular weight is 430 g/mol. The number of carbonyl (C=O) groups excluding carboxylic acids is 2. The Kier molecular flexibility index (Phi) is 6.40. The van der Waals surface area contributed by atoms with Crippen molar-refractivity contribution in [3.8, 4) is 5.75 Å². The number of hydrogen-bond donors (Lipinski definition) is 3. The van der Waals surface area contributed by atoms with Crippen molar-refractivity contribution in [2.24, 2.45) is 0 Å². The van der Waals surface area contributed by atoms with Crippen LogP contribution in [0.5, 0.6) is 5.75 Å². The van der Waals surface area contributed by atoms with E-state index < -0.39 is 6.04 Å². The molecule has 0 heterocycles. The van der Waals surface area contributed by atoms with E-state index in [0.29, 0.717) is 22.7 Å². The lowest BCUT2D eigenvalue weighted by molar-refractivity contribution is -0.117. The zero-order valence-electron chi connectivity index (χ0n) is 18.2. The first-order valence-electron chi connectivity index (χ1n) is 10.7. The van der Waals surface area contributed by atoms with Gasteiger partial charge in [-0.1, -0.05) is 42.5 Å². The van der Waals surface area contributed by atoms with E-state index in [1.165, 1.54) is 0 Å². The number of rotatable bonds is 8. The van der Waals surface area contributed by atoms with E-state index in [2.05, 4.69) is 16.0 Å². The monoisotopic (exact) mass is 429 g/mol. The Bertz CT molecular complexity index is 1110. The smallest absolute Gasteiger partial charge is 0.251 e. The largest absolute Gasteiger partial charge is 0.495 e. The lowest BCUT2D eigenvalue weighted by Gasteiger charge is -2.21. The normalized spacial score (nSPS) is 13.7. The summed E-state index contributed by atoms with van der Waals surface area (Å²) in [4.78, 5) is 25.8. The molecule has 0 unspecified atom stereocenters. The summed E-state index contributed by atoms with van der Waals surface area (Å²) in [7, 11) is 1.57. The van der Waals surface area contributed by atoms with Crippen LogP contribution < -0.4 is 20.7 Å². The quantitative estimate of drug-likeness (QED) is 0.485. The van der Waals surface area contributed by atoms with E-state index in [1.807, 2.05) is 67.6 Å². The number of benzene rings is 3. The third-order valence-electron chi connectivity index (χ3n) is 5.36. The molecule has 3 N–H and O–H groups in total. The third-order valence-corrected chi connectivity index (χ3v) is 5.36. The predicted molar refractivity (Wildman–Crippen MR) is 126 cm³/mol. The summed E-state index contributed by atoms with van der Waals surface area (Å²) in [6, 6.07) is 22.0. The zero-order valence-corrected chi connectivity index (χ0v) is 18.2. The Balaban J connectivity index is 1.58. The van der Waals surface area contributed by atoms with Crippen molar-refractivity contribution in [1.82, 2.24) is 5.32 Å². The lowest BCUT2D eigenvalue weighted by Crippen LogP contribution is -2.28. The maximum atomic E-state index is 13.4. The molecule has 164 valence electrons. The molecule has 0 radical (unpaired) electrons. The molecule has 6 nitrogen and oxygen atoms in total. The highest BCUT2D eigenvalue weighted by Crippen LogP contribution is 2.28. The van der Waals surface area contributed by atoms with Crippen molar-refractivity contribution >= 4 is 23.2 Å². The van der Waals surface area contributed by atoms with Gasteiger partial charge in [0.25, 0.3) is 11.8 Å². The number of amides is 2. The zero-order chi connectivity index (χ0) is 22.5. The molecule has 32 heavy (non-hydrogen) atoms. The maximum absolute atomic E-state index is 13.4. The van der Waals surface area contributed by atoms with Crippen LogP contribution in [0.3, 0.4) is 0 Å². The van der Waals surface area contributed by atoms with E-state index in [0.717, 1.165) is 24.0 Å². The second kappa shape index (κ2) is 9.56. The third kappa shape index (κ3) is 5.27. The Labute approximate surface area is 188 Å². The first-order valence-corrected chi connectivity index (χ1v) is 10.7. The van der Waals surface area contributed by atoms with Crippen LogP contribution in [0.2, 0.25) is 0 Å². The topological polar surface area (TPSA) is 79.5 Å². The average Bonchev–Trinajstić information content (AvgIpc) is 3.62. The van der Waals surface area contributed by atoms with Gasteiger partial charge >= 0.3 is 0 Å². The van der Waals surface area contributed by atoms with Crippen LogP contribution in [-0.2, 0) is 4.79 Å². The number of nitrogens with one attached hydrogen (secondary N) is 3. The second-order valence-corrected chi connectivity index (χ2v) is 8.01. The highest BCUT2D eigenvalue weighted by Gasteiger charge is 2.25. The molecular formula is C26H27N3O3. The van der Waals surface area contributed by atoms with Crippen molar-refractivity contribution in [3.63, 3.8) is 0 Å².